The first-order valence-corrected chi connectivity index (χ1v) is 5.66. The predicted molar refractivity (Wildman–Crippen MR) is 65.9 cm³/mol. The van der Waals surface area contributed by atoms with Gasteiger partial charge in [-0.25, -0.2) is 0 Å². The molecule has 0 radical (unpaired) electrons. The first-order valence-electron chi connectivity index (χ1n) is 5.66. The maximum Gasteiger partial charge on any atom is 0.221 e. The highest BCUT2D eigenvalue weighted by Gasteiger charge is 2.18. The van der Waals surface area contributed by atoms with Crippen molar-refractivity contribution in [1.29, 1.82) is 0 Å². The topological polar surface area (TPSA) is 29.1 Å². The molecule has 0 heterocycles. The number of nitrogens with one attached hydrogen (secondary N) is 1. The van der Waals surface area contributed by atoms with Crippen molar-refractivity contribution in [2.45, 2.75) is 33.6 Å². The number of hydrogen-bond donors (Lipinski definition) is 1. The molecule has 16 heavy (non-hydrogen) atoms. The lowest BCUT2D eigenvalue weighted by atomic mass is 9.87. The summed E-state index contributed by atoms with van der Waals surface area (Å²) in [5.41, 5.74) is 6.16. The molecule has 0 spiro atoms. The minimum absolute atomic E-state index is 0.00343. The average molecular weight is 215 g/mol. The maximum absolute atomic E-state index is 11.2. The van der Waals surface area contributed by atoms with Crippen molar-refractivity contribution < 1.29 is 4.79 Å². The van der Waals surface area contributed by atoms with Gasteiger partial charge in [0.15, 0.2) is 0 Å². The van der Waals surface area contributed by atoms with Crippen LogP contribution in [0, 0.1) is 6.92 Å². The summed E-state index contributed by atoms with van der Waals surface area (Å²) < 4.78 is 0. The molecular weight excluding hydrogens is 198 g/mol. The van der Waals surface area contributed by atoms with Gasteiger partial charge in [0.1, 0.15) is 0 Å². The monoisotopic (exact) mass is 215 g/mol. The third-order valence-electron chi connectivity index (χ3n) is 3.16. The van der Waals surface area contributed by atoms with Crippen molar-refractivity contribution >= 4 is 11.6 Å². The number of carbonyl (C=O) groups excluding carboxylic acids is 1. The Morgan fingerprint density at radius 1 is 1.25 bits per heavy atom. The predicted octanol–water partition coefficient (Wildman–Crippen LogP) is 2.81. The largest absolute Gasteiger partial charge is 0.326 e. The summed E-state index contributed by atoms with van der Waals surface area (Å²) >= 11 is 0. The molecule has 0 bridgehead atoms. The molecule has 84 valence electrons. The number of aryl methyl sites for hydroxylation is 1. The van der Waals surface area contributed by atoms with Crippen molar-refractivity contribution in [2.75, 3.05) is 0 Å². The van der Waals surface area contributed by atoms with Gasteiger partial charge < -0.3 is 5.32 Å². The molecule has 0 saturated heterocycles. The lowest BCUT2D eigenvalue weighted by Crippen LogP contribution is -2.22. The van der Waals surface area contributed by atoms with Gasteiger partial charge >= 0.3 is 0 Å². The van der Waals surface area contributed by atoms with E-state index in [9.17, 15) is 4.79 Å². The number of hydrogen-bond acceptors (Lipinski definition) is 1. The maximum atomic E-state index is 11.2. The van der Waals surface area contributed by atoms with Crippen molar-refractivity contribution in [3.8, 4) is 0 Å². The summed E-state index contributed by atoms with van der Waals surface area (Å²) in [7, 11) is 0. The van der Waals surface area contributed by atoms with Gasteiger partial charge in [0.25, 0.3) is 0 Å². The fraction of sp³-hybridized carbons (Fsp3) is 0.357. The Morgan fingerprint density at radius 2 is 2.00 bits per heavy atom. The number of amides is 1. The van der Waals surface area contributed by atoms with Gasteiger partial charge in [-0.15, -0.1) is 0 Å². The molecule has 1 aliphatic rings. The van der Waals surface area contributed by atoms with Crippen LogP contribution in [0.25, 0.3) is 5.70 Å². The highest BCUT2D eigenvalue weighted by molar-refractivity contribution is 5.87. The van der Waals surface area contributed by atoms with Crippen molar-refractivity contribution in [3.05, 3.63) is 40.5 Å². The highest BCUT2D eigenvalue weighted by atomic mass is 16.1. The number of fused-ring (bicyclic) bond motifs is 1. The van der Waals surface area contributed by atoms with E-state index in [1.165, 1.54) is 22.3 Å². The molecule has 2 rings (SSSR count). The Bertz CT molecular complexity index is 472. The van der Waals surface area contributed by atoms with Gasteiger partial charge in [0, 0.05) is 18.2 Å². The zero-order valence-electron chi connectivity index (χ0n) is 10.1. The van der Waals surface area contributed by atoms with E-state index >= 15 is 0 Å². The molecule has 0 aliphatic heterocycles. The molecule has 0 fully saturated rings. The Hall–Kier alpha value is -1.57. The molecule has 1 N–H and O–H groups in total. The second kappa shape index (κ2) is 4.12. The molecule has 0 unspecified atom stereocenters. The van der Waals surface area contributed by atoms with Crippen LogP contribution < -0.4 is 5.32 Å². The molecule has 0 saturated carbocycles. The summed E-state index contributed by atoms with van der Waals surface area (Å²) in [6.07, 6.45) is 2.12. The van der Waals surface area contributed by atoms with Gasteiger partial charge in [-0.05, 0) is 43.4 Å². The second-order valence-corrected chi connectivity index (χ2v) is 4.44. The van der Waals surface area contributed by atoms with Crippen LogP contribution in [0.1, 0.15) is 37.0 Å². The Morgan fingerprint density at radius 3 is 2.69 bits per heavy atom. The summed E-state index contributed by atoms with van der Waals surface area (Å²) in [4.78, 5) is 11.2. The molecular formula is C14H17NO. The standard InChI is InChI=1S/C14H17NO/c1-9-5-4-6-13-12(9)8-7-10(2)14(13)15-11(3)16/h4-6H,7-8H2,1-3H3,(H,15,16). The van der Waals surface area contributed by atoms with E-state index in [-0.39, 0.29) is 5.91 Å². The van der Waals surface area contributed by atoms with Gasteiger partial charge in [0.05, 0.1) is 0 Å². The normalized spacial score (nSPS) is 14.7. The Kier molecular flexibility index (Phi) is 2.82. The van der Waals surface area contributed by atoms with E-state index in [1.54, 1.807) is 6.92 Å². The molecule has 1 aliphatic carbocycles. The fourth-order valence-electron chi connectivity index (χ4n) is 2.29. The SMILES string of the molecule is CC(=O)NC1=C(C)CCc2c(C)cccc21. The first kappa shape index (κ1) is 10.9. The number of allylic oxidation sites excluding steroid dienone is 1. The number of benzene rings is 1. The van der Waals surface area contributed by atoms with Gasteiger partial charge in [-0.2, -0.15) is 0 Å². The van der Waals surface area contributed by atoms with Crippen LogP contribution in [-0.4, -0.2) is 5.91 Å². The molecule has 1 aromatic rings. The molecule has 2 heteroatoms. The Labute approximate surface area is 96.4 Å². The fourth-order valence-corrected chi connectivity index (χ4v) is 2.29. The lowest BCUT2D eigenvalue weighted by Gasteiger charge is -2.23. The zero-order chi connectivity index (χ0) is 11.7. The van der Waals surface area contributed by atoms with Gasteiger partial charge in [-0.1, -0.05) is 18.2 Å². The summed E-state index contributed by atoms with van der Waals surface area (Å²) in [5, 5.41) is 2.96. The van der Waals surface area contributed by atoms with Crippen molar-refractivity contribution in [3.63, 3.8) is 0 Å². The van der Waals surface area contributed by atoms with Crippen LogP contribution >= 0.6 is 0 Å². The highest BCUT2D eigenvalue weighted by Crippen LogP contribution is 2.31. The zero-order valence-corrected chi connectivity index (χ0v) is 10.1. The van der Waals surface area contributed by atoms with E-state index in [0.717, 1.165) is 18.5 Å². The van der Waals surface area contributed by atoms with E-state index in [2.05, 4.69) is 37.4 Å². The van der Waals surface area contributed by atoms with Crippen LogP contribution in [0.15, 0.2) is 23.8 Å². The van der Waals surface area contributed by atoms with E-state index in [0.29, 0.717) is 0 Å². The third kappa shape index (κ3) is 1.87. The minimum atomic E-state index is 0.00343. The smallest absolute Gasteiger partial charge is 0.221 e. The third-order valence-corrected chi connectivity index (χ3v) is 3.16. The minimum Gasteiger partial charge on any atom is -0.326 e. The van der Waals surface area contributed by atoms with E-state index in [4.69, 9.17) is 0 Å². The summed E-state index contributed by atoms with van der Waals surface area (Å²) in [6, 6.07) is 6.27. The van der Waals surface area contributed by atoms with Crippen LogP contribution in [0.5, 0.6) is 0 Å². The first-order chi connectivity index (χ1) is 7.59. The van der Waals surface area contributed by atoms with Gasteiger partial charge in [-0.3, -0.25) is 4.79 Å². The summed E-state index contributed by atoms with van der Waals surface area (Å²) in [6.45, 7) is 5.78. The van der Waals surface area contributed by atoms with Crippen molar-refractivity contribution in [1.82, 2.24) is 5.32 Å². The van der Waals surface area contributed by atoms with E-state index in [1.807, 2.05) is 0 Å². The van der Waals surface area contributed by atoms with Gasteiger partial charge in [0.2, 0.25) is 5.91 Å². The number of rotatable bonds is 1. The molecule has 0 aromatic heterocycles. The van der Waals surface area contributed by atoms with Crippen molar-refractivity contribution in [2.24, 2.45) is 0 Å². The quantitative estimate of drug-likeness (QED) is 0.766. The Balaban J connectivity index is 2.52. The van der Waals surface area contributed by atoms with Crippen LogP contribution in [0.4, 0.5) is 0 Å². The average Bonchev–Trinajstić information content (AvgIpc) is 2.22. The van der Waals surface area contributed by atoms with Crippen LogP contribution in [0.2, 0.25) is 0 Å². The summed E-state index contributed by atoms with van der Waals surface area (Å²) in [5.74, 6) is 0.00343. The van der Waals surface area contributed by atoms with E-state index < -0.39 is 0 Å². The molecule has 1 aromatic carbocycles. The number of carbonyl (C=O) groups is 1. The van der Waals surface area contributed by atoms with Crippen LogP contribution in [0.3, 0.4) is 0 Å². The second-order valence-electron chi connectivity index (χ2n) is 4.44. The van der Waals surface area contributed by atoms with Crippen LogP contribution in [-0.2, 0) is 11.2 Å². The molecule has 0 atom stereocenters. The molecule has 2 nitrogen and oxygen atoms in total. The molecule has 1 amide bonds. The lowest BCUT2D eigenvalue weighted by molar-refractivity contribution is -0.117.